The Balaban J connectivity index is 1.17. The van der Waals surface area contributed by atoms with Crippen molar-refractivity contribution < 1.29 is 19.1 Å². The fourth-order valence-electron chi connectivity index (χ4n) is 5.20. The average molecular weight is 759 g/mol. The minimum absolute atomic E-state index is 0.0530. The molecule has 3 amide bonds. The van der Waals surface area contributed by atoms with Gasteiger partial charge in [0.05, 0.1) is 0 Å². The standard InChI is InChI=1S/C43H33Cl2N3O4S/c44-33-25-34(45)27-36(26-33)47-43(51)40(31-12-6-2-7-13-31)53-38-22-18-35(19-23-38)46-42(50)39(48-41(49)32-14-8-3-9-15-32)24-29-16-20-37(21-17-29)52-28-30-10-4-1-5-11-30/h1-27,40H,28H2,(H,46,50)(H,47,51)(H,48,49)/b39-24-. The minimum Gasteiger partial charge on any atom is -0.489 e. The molecule has 0 aliphatic carbocycles. The smallest absolute Gasteiger partial charge is 0.272 e. The van der Waals surface area contributed by atoms with Crippen molar-refractivity contribution in [2.75, 3.05) is 10.6 Å². The summed E-state index contributed by atoms with van der Waals surface area (Å²) in [6, 6.07) is 47.2. The molecule has 0 bridgehead atoms. The average Bonchev–Trinajstić information content (AvgIpc) is 3.17. The summed E-state index contributed by atoms with van der Waals surface area (Å²) in [6.07, 6.45) is 1.61. The molecule has 10 heteroatoms. The highest BCUT2D eigenvalue weighted by Crippen LogP contribution is 2.37. The number of hydrogen-bond donors (Lipinski definition) is 3. The van der Waals surface area contributed by atoms with E-state index in [0.717, 1.165) is 16.0 Å². The zero-order valence-electron chi connectivity index (χ0n) is 28.2. The fourth-order valence-corrected chi connectivity index (χ4v) is 6.75. The van der Waals surface area contributed by atoms with Gasteiger partial charge in [0.2, 0.25) is 5.91 Å². The first-order chi connectivity index (χ1) is 25.8. The molecule has 0 fully saturated rings. The van der Waals surface area contributed by atoms with Crippen LogP contribution in [0.3, 0.4) is 0 Å². The summed E-state index contributed by atoms with van der Waals surface area (Å²) in [5.74, 6) is -0.520. The molecular formula is C43H33Cl2N3O4S. The maximum atomic E-state index is 13.7. The number of benzene rings is 6. The lowest BCUT2D eigenvalue weighted by atomic mass is 10.1. The summed E-state index contributed by atoms with van der Waals surface area (Å²) in [4.78, 5) is 41.2. The molecule has 0 spiro atoms. The molecule has 0 saturated carbocycles. The second-order valence-electron chi connectivity index (χ2n) is 11.8. The van der Waals surface area contributed by atoms with E-state index in [1.54, 1.807) is 60.7 Å². The van der Waals surface area contributed by atoms with E-state index in [4.69, 9.17) is 27.9 Å². The molecule has 3 N–H and O–H groups in total. The van der Waals surface area contributed by atoms with Gasteiger partial charge in [0, 0.05) is 31.9 Å². The zero-order chi connectivity index (χ0) is 37.0. The molecule has 6 rings (SSSR count). The van der Waals surface area contributed by atoms with Crippen LogP contribution in [0.5, 0.6) is 5.75 Å². The van der Waals surface area contributed by atoms with Crippen LogP contribution in [0.15, 0.2) is 168 Å². The number of nitrogens with one attached hydrogen (secondary N) is 3. The van der Waals surface area contributed by atoms with E-state index in [1.807, 2.05) is 103 Å². The van der Waals surface area contributed by atoms with Crippen LogP contribution in [-0.4, -0.2) is 17.7 Å². The summed E-state index contributed by atoms with van der Waals surface area (Å²) < 4.78 is 5.90. The van der Waals surface area contributed by atoms with Crippen LogP contribution in [0.4, 0.5) is 11.4 Å². The SMILES string of the molecule is O=C(Nc1ccc(SC(C(=O)Nc2cc(Cl)cc(Cl)c2)c2ccccc2)cc1)/C(=C/c1ccc(OCc2ccccc2)cc1)NC(=O)c1ccccc1. The van der Waals surface area contributed by atoms with Crippen LogP contribution in [0.1, 0.15) is 32.3 Å². The van der Waals surface area contributed by atoms with E-state index in [0.29, 0.717) is 44.9 Å². The number of hydrogen-bond acceptors (Lipinski definition) is 5. The van der Waals surface area contributed by atoms with Crippen molar-refractivity contribution in [2.24, 2.45) is 0 Å². The van der Waals surface area contributed by atoms with Crippen molar-refractivity contribution in [1.82, 2.24) is 5.32 Å². The van der Waals surface area contributed by atoms with Crippen LogP contribution in [0.2, 0.25) is 10.0 Å². The maximum Gasteiger partial charge on any atom is 0.272 e. The number of carbonyl (C=O) groups excluding carboxylic acids is 3. The molecule has 6 aromatic rings. The molecule has 0 radical (unpaired) electrons. The highest BCUT2D eigenvalue weighted by Gasteiger charge is 2.23. The first-order valence-corrected chi connectivity index (χ1v) is 18.2. The number of halogens is 2. The Kier molecular flexibility index (Phi) is 12.6. The third-order valence-corrected chi connectivity index (χ3v) is 9.51. The highest BCUT2D eigenvalue weighted by molar-refractivity contribution is 8.00. The van der Waals surface area contributed by atoms with Crippen LogP contribution < -0.4 is 20.7 Å². The predicted molar refractivity (Wildman–Crippen MR) is 214 cm³/mol. The van der Waals surface area contributed by atoms with Crippen molar-refractivity contribution >= 4 is 70.1 Å². The molecule has 0 saturated heterocycles. The third-order valence-electron chi connectivity index (χ3n) is 7.80. The van der Waals surface area contributed by atoms with Gasteiger partial charge in [-0.2, -0.15) is 0 Å². The normalized spacial score (nSPS) is 11.6. The van der Waals surface area contributed by atoms with Gasteiger partial charge in [-0.3, -0.25) is 14.4 Å². The van der Waals surface area contributed by atoms with E-state index in [2.05, 4.69) is 16.0 Å². The molecule has 1 unspecified atom stereocenters. The summed E-state index contributed by atoms with van der Waals surface area (Å²) in [5.41, 5.74) is 3.99. The first-order valence-electron chi connectivity index (χ1n) is 16.5. The van der Waals surface area contributed by atoms with Crippen LogP contribution in [0, 0.1) is 0 Å². The van der Waals surface area contributed by atoms with E-state index in [9.17, 15) is 14.4 Å². The van der Waals surface area contributed by atoms with E-state index < -0.39 is 17.1 Å². The molecule has 264 valence electrons. The molecule has 1 atom stereocenters. The Labute approximate surface area is 322 Å². The van der Waals surface area contributed by atoms with Gasteiger partial charge in [-0.1, -0.05) is 114 Å². The van der Waals surface area contributed by atoms with Crippen molar-refractivity contribution in [2.45, 2.75) is 16.8 Å². The molecule has 0 heterocycles. The molecular weight excluding hydrogens is 725 g/mol. The predicted octanol–water partition coefficient (Wildman–Crippen LogP) is 10.5. The Bertz CT molecular complexity index is 2180. The van der Waals surface area contributed by atoms with Crippen molar-refractivity contribution in [3.05, 3.63) is 196 Å². The molecule has 6 aromatic carbocycles. The number of anilines is 2. The first kappa shape index (κ1) is 37.0. The Morgan fingerprint density at radius 3 is 1.91 bits per heavy atom. The summed E-state index contributed by atoms with van der Waals surface area (Å²) in [7, 11) is 0. The van der Waals surface area contributed by atoms with Crippen LogP contribution in [-0.2, 0) is 16.2 Å². The van der Waals surface area contributed by atoms with Gasteiger partial charge in [-0.05, 0) is 89.5 Å². The molecule has 0 aromatic heterocycles. The lowest BCUT2D eigenvalue weighted by molar-refractivity contribution is -0.116. The number of ether oxygens (including phenoxy) is 1. The summed E-state index contributed by atoms with van der Waals surface area (Å²) in [6.45, 7) is 0.423. The topological polar surface area (TPSA) is 96.5 Å². The minimum atomic E-state index is -0.604. The van der Waals surface area contributed by atoms with Gasteiger partial charge < -0.3 is 20.7 Å². The largest absolute Gasteiger partial charge is 0.489 e. The van der Waals surface area contributed by atoms with Gasteiger partial charge in [0.25, 0.3) is 11.8 Å². The Hall–Kier alpha value is -5.80. The molecule has 0 aliphatic heterocycles. The number of rotatable bonds is 13. The van der Waals surface area contributed by atoms with Crippen molar-refractivity contribution in [3.8, 4) is 5.75 Å². The second kappa shape index (κ2) is 18.1. The van der Waals surface area contributed by atoms with Crippen LogP contribution in [0.25, 0.3) is 6.08 Å². The lowest BCUT2D eigenvalue weighted by Gasteiger charge is -2.18. The summed E-state index contributed by atoms with van der Waals surface area (Å²) >= 11 is 13.7. The molecule has 7 nitrogen and oxygen atoms in total. The number of thioether (sulfide) groups is 1. The third kappa shape index (κ3) is 10.9. The van der Waals surface area contributed by atoms with Gasteiger partial charge in [0.15, 0.2) is 0 Å². The quantitative estimate of drug-likeness (QED) is 0.0805. The number of amides is 3. The highest BCUT2D eigenvalue weighted by atomic mass is 35.5. The molecule has 0 aliphatic rings. The van der Waals surface area contributed by atoms with Gasteiger partial charge in [0.1, 0.15) is 23.3 Å². The number of carbonyl (C=O) groups is 3. The zero-order valence-corrected chi connectivity index (χ0v) is 30.5. The Morgan fingerprint density at radius 1 is 0.660 bits per heavy atom. The van der Waals surface area contributed by atoms with E-state index >= 15 is 0 Å². The fraction of sp³-hybridized carbons (Fsp3) is 0.0465. The van der Waals surface area contributed by atoms with E-state index in [-0.39, 0.29) is 11.6 Å². The van der Waals surface area contributed by atoms with Crippen LogP contribution >= 0.6 is 35.0 Å². The monoisotopic (exact) mass is 757 g/mol. The van der Waals surface area contributed by atoms with Crippen molar-refractivity contribution in [3.63, 3.8) is 0 Å². The summed E-state index contributed by atoms with van der Waals surface area (Å²) in [5, 5.41) is 8.80. The van der Waals surface area contributed by atoms with E-state index in [1.165, 1.54) is 11.8 Å². The van der Waals surface area contributed by atoms with Gasteiger partial charge >= 0.3 is 0 Å². The lowest BCUT2D eigenvalue weighted by Crippen LogP contribution is -2.30. The Morgan fingerprint density at radius 2 is 1.26 bits per heavy atom. The second-order valence-corrected chi connectivity index (χ2v) is 13.8. The maximum absolute atomic E-state index is 13.7. The van der Waals surface area contributed by atoms with Crippen molar-refractivity contribution in [1.29, 1.82) is 0 Å². The molecule has 53 heavy (non-hydrogen) atoms. The van der Waals surface area contributed by atoms with Gasteiger partial charge in [-0.25, -0.2) is 0 Å². The van der Waals surface area contributed by atoms with Gasteiger partial charge in [-0.15, -0.1) is 11.8 Å².